The van der Waals surface area contributed by atoms with Crippen molar-refractivity contribution in [2.75, 3.05) is 13.1 Å². The van der Waals surface area contributed by atoms with Crippen molar-refractivity contribution >= 4 is 11.6 Å². The van der Waals surface area contributed by atoms with E-state index < -0.39 is 0 Å². The monoisotopic (exact) mass is 298 g/mol. The molecule has 20 heavy (non-hydrogen) atoms. The van der Waals surface area contributed by atoms with Crippen LogP contribution in [0.25, 0.3) is 0 Å². The van der Waals surface area contributed by atoms with Gasteiger partial charge in [0.25, 0.3) is 0 Å². The summed E-state index contributed by atoms with van der Waals surface area (Å²) in [5, 5.41) is 5.46. The van der Waals surface area contributed by atoms with E-state index in [0.29, 0.717) is 12.0 Å². The molecule has 1 aromatic heterocycles. The van der Waals surface area contributed by atoms with Gasteiger partial charge in [0.05, 0.1) is 16.4 Å². The van der Waals surface area contributed by atoms with Crippen molar-refractivity contribution in [3.8, 4) is 0 Å². The second-order valence-corrected chi connectivity index (χ2v) is 6.15. The number of halogens is 1. The van der Waals surface area contributed by atoms with Crippen LogP contribution in [0, 0.1) is 5.92 Å². The minimum atomic E-state index is 0.463. The smallest absolute Gasteiger partial charge is 0.0863 e. The largest absolute Gasteiger partial charge is 0.329 e. The van der Waals surface area contributed by atoms with Crippen molar-refractivity contribution in [2.24, 2.45) is 11.7 Å². The molecule has 0 aliphatic carbocycles. The summed E-state index contributed by atoms with van der Waals surface area (Å²) in [4.78, 5) is 2.49. The lowest BCUT2D eigenvalue weighted by molar-refractivity contribution is 0.0962. The molecule has 1 fully saturated rings. The maximum atomic E-state index is 6.51. The number of piperidine rings is 1. The molecule has 0 aromatic carbocycles. The molecule has 1 saturated heterocycles. The molecule has 2 rings (SSSR count). The van der Waals surface area contributed by atoms with Gasteiger partial charge < -0.3 is 5.73 Å². The Morgan fingerprint density at radius 3 is 2.75 bits per heavy atom. The number of hydrogen-bond donors (Lipinski definition) is 1. The van der Waals surface area contributed by atoms with Crippen molar-refractivity contribution in [1.82, 2.24) is 14.7 Å². The Labute approximate surface area is 127 Å². The quantitative estimate of drug-likeness (QED) is 0.909. The minimum absolute atomic E-state index is 0.463. The Hall–Kier alpha value is -0.580. The van der Waals surface area contributed by atoms with Crippen molar-refractivity contribution in [2.45, 2.75) is 59.2 Å². The number of hydrogen-bond acceptors (Lipinski definition) is 3. The molecule has 0 spiro atoms. The molecule has 4 nitrogen and oxygen atoms in total. The zero-order chi connectivity index (χ0) is 14.7. The van der Waals surface area contributed by atoms with E-state index in [4.69, 9.17) is 17.3 Å². The number of aryl methyl sites for hydroxylation is 2. The predicted molar refractivity (Wildman–Crippen MR) is 83.9 cm³/mol. The van der Waals surface area contributed by atoms with E-state index in [0.717, 1.165) is 49.0 Å². The Bertz CT molecular complexity index is 443. The van der Waals surface area contributed by atoms with Crippen molar-refractivity contribution in [3.63, 3.8) is 0 Å². The van der Waals surface area contributed by atoms with E-state index in [-0.39, 0.29) is 0 Å². The van der Waals surface area contributed by atoms with Gasteiger partial charge >= 0.3 is 0 Å². The van der Waals surface area contributed by atoms with Crippen LogP contribution in [0.5, 0.6) is 0 Å². The lowest BCUT2D eigenvalue weighted by atomic mass is 9.90. The normalized spacial score (nSPS) is 24.2. The van der Waals surface area contributed by atoms with E-state index >= 15 is 0 Å². The molecular formula is C15H27ClN4. The number of nitrogens with zero attached hydrogens (tertiary/aromatic N) is 3. The molecule has 1 aliphatic heterocycles. The van der Waals surface area contributed by atoms with Crippen LogP contribution in [0.2, 0.25) is 5.02 Å². The highest BCUT2D eigenvalue weighted by atomic mass is 35.5. The fraction of sp³-hybridized carbons (Fsp3) is 0.800. The highest BCUT2D eigenvalue weighted by Gasteiger charge is 2.29. The van der Waals surface area contributed by atoms with E-state index in [9.17, 15) is 0 Å². The second kappa shape index (κ2) is 6.92. The Kier molecular flexibility index (Phi) is 5.47. The summed E-state index contributed by atoms with van der Waals surface area (Å²) in [6.07, 6.45) is 3.41. The van der Waals surface area contributed by atoms with E-state index in [1.807, 2.05) is 4.68 Å². The van der Waals surface area contributed by atoms with Gasteiger partial charge in [-0.3, -0.25) is 9.58 Å². The molecule has 2 heterocycles. The number of likely N-dealkylation sites (tertiary alicyclic amines) is 1. The second-order valence-electron chi connectivity index (χ2n) is 5.77. The fourth-order valence-electron chi connectivity index (χ4n) is 3.27. The Morgan fingerprint density at radius 2 is 2.15 bits per heavy atom. The third-order valence-electron chi connectivity index (χ3n) is 4.52. The summed E-state index contributed by atoms with van der Waals surface area (Å²) in [5.41, 5.74) is 8.14. The van der Waals surface area contributed by atoms with Gasteiger partial charge in [-0.15, -0.1) is 0 Å². The average molecular weight is 299 g/mol. The van der Waals surface area contributed by atoms with Gasteiger partial charge in [0.1, 0.15) is 0 Å². The first-order chi connectivity index (χ1) is 9.62. The molecule has 0 bridgehead atoms. The third kappa shape index (κ3) is 3.02. The highest BCUT2D eigenvalue weighted by Crippen LogP contribution is 2.28. The van der Waals surface area contributed by atoms with Crippen molar-refractivity contribution < 1.29 is 0 Å². The van der Waals surface area contributed by atoms with Gasteiger partial charge in [-0.05, 0) is 38.6 Å². The van der Waals surface area contributed by atoms with Crippen LogP contribution < -0.4 is 5.73 Å². The van der Waals surface area contributed by atoms with Gasteiger partial charge in [0.15, 0.2) is 0 Å². The maximum absolute atomic E-state index is 6.51. The topological polar surface area (TPSA) is 47.1 Å². The maximum Gasteiger partial charge on any atom is 0.0863 e. The van der Waals surface area contributed by atoms with Crippen LogP contribution in [0.1, 0.15) is 45.0 Å². The van der Waals surface area contributed by atoms with E-state index in [1.54, 1.807) is 0 Å². The van der Waals surface area contributed by atoms with Crippen LogP contribution >= 0.6 is 11.6 Å². The summed E-state index contributed by atoms with van der Waals surface area (Å²) < 4.78 is 2.05. The van der Waals surface area contributed by atoms with Gasteiger partial charge in [0, 0.05) is 25.7 Å². The van der Waals surface area contributed by atoms with Gasteiger partial charge in [-0.2, -0.15) is 5.10 Å². The summed E-state index contributed by atoms with van der Waals surface area (Å²) in [6.45, 7) is 10.1. The zero-order valence-corrected chi connectivity index (χ0v) is 13.7. The first-order valence-electron chi connectivity index (χ1n) is 7.80. The van der Waals surface area contributed by atoms with Gasteiger partial charge in [-0.1, -0.05) is 25.4 Å². The summed E-state index contributed by atoms with van der Waals surface area (Å²) in [6, 6.07) is 0.463. The van der Waals surface area contributed by atoms with Crippen molar-refractivity contribution in [1.29, 1.82) is 0 Å². The standard InChI is InChI=1S/C15H27ClN4/c1-4-12-15(16)14(20(5-2)18-12)10-19-8-6-7-11(3)13(19)9-17/h11,13H,4-10,17H2,1-3H3. The zero-order valence-electron chi connectivity index (χ0n) is 12.9. The molecule has 0 radical (unpaired) electrons. The van der Waals surface area contributed by atoms with Crippen LogP contribution in [-0.4, -0.2) is 33.8 Å². The molecular weight excluding hydrogens is 272 g/mol. The molecule has 0 amide bonds. The molecule has 1 aliphatic rings. The van der Waals surface area contributed by atoms with Crippen LogP contribution in [0.3, 0.4) is 0 Å². The van der Waals surface area contributed by atoms with Gasteiger partial charge in [-0.25, -0.2) is 0 Å². The van der Waals surface area contributed by atoms with Crippen LogP contribution in [0.15, 0.2) is 0 Å². The van der Waals surface area contributed by atoms with Crippen molar-refractivity contribution in [3.05, 3.63) is 16.4 Å². The van der Waals surface area contributed by atoms with E-state index in [1.165, 1.54) is 12.8 Å². The Balaban J connectivity index is 2.22. The molecule has 5 heteroatoms. The predicted octanol–water partition coefficient (Wildman–Crippen LogP) is 2.68. The summed E-state index contributed by atoms with van der Waals surface area (Å²) in [7, 11) is 0. The summed E-state index contributed by atoms with van der Waals surface area (Å²) >= 11 is 6.51. The summed E-state index contributed by atoms with van der Waals surface area (Å²) in [5.74, 6) is 0.663. The highest BCUT2D eigenvalue weighted by molar-refractivity contribution is 6.31. The SMILES string of the molecule is CCc1nn(CC)c(CN2CCCC(C)C2CN)c1Cl. The Morgan fingerprint density at radius 1 is 1.40 bits per heavy atom. The fourth-order valence-corrected chi connectivity index (χ4v) is 3.60. The first kappa shape index (κ1) is 15.8. The van der Waals surface area contributed by atoms with Crippen LogP contribution in [-0.2, 0) is 19.5 Å². The molecule has 0 saturated carbocycles. The van der Waals surface area contributed by atoms with Gasteiger partial charge in [0.2, 0.25) is 0 Å². The number of aromatic nitrogens is 2. The minimum Gasteiger partial charge on any atom is -0.329 e. The molecule has 2 N–H and O–H groups in total. The molecule has 2 unspecified atom stereocenters. The number of nitrogens with two attached hydrogens (primary N) is 1. The lowest BCUT2D eigenvalue weighted by Gasteiger charge is -2.39. The number of rotatable bonds is 5. The van der Waals surface area contributed by atoms with Crippen LogP contribution in [0.4, 0.5) is 0 Å². The molecule has 1 aromatic rings. The lowest BCUT2D eigenvalue weighted by Crippen LogP contribution is -2.48. The molecule has 2 atom stereocenters. The first-order valence-corrected chi connectivity index (χ1v) is 8.18. The third-order valence-corrected chi connectivity index (χ3v) is 4.96. The molecule has 114 valence electrons. The average Bonchev–Trinajstić information content (AvgIpc) is 2.75. The van der Waals surface area contributed by atoms with E-state index in [2.05, 4.69) is 30.8 Å².